The van der Waals surface area contributed by atoms with E-state index in [9.17, 15) is 13.6 Å². The molecule has 0 aromatic carbocycles. The van der Waals surface area contributed by atoms with Gasteiger partial charge in [-0.05, 0) is 32.4 Å². The van der Waals surface area contributed by atoms with Crippen LogP contribution in [0.4, 0.5) is 8.78 Å². The molecule has 0 spiro atoms. The highest BCUT2D eigenvalue weighted by Gasteiger charge is 2.19. The first kappa shape index (κ1) is 14.7. The van der Waals surface area contributed by atoms with Gasteiger partial charge in [-0.25, -0.2) is 8.78 Å². The first-order chi connectivity index (χ1) is 6.95. The van der Waals surface area contributed by atoms with Crippen molar-refractivity contribution in [1.29, 1.82) is 0 Å². The minimum atomic E-state index is -2.56. The number of carbonyl (C=O) groups is 1. The van der Waals surface area contributed by atoms with Crippen LogP contribution in [-0.2, 0) is 9.53 Å². The molecule has 0 aromatic heterocycles. The Balaban J connectivity index is 3.22. The molecule has 0 saturated carbocycles. The molecule has 90 valence electrons. The Hall–Kier alpha value is -0.320. The van der Waals surface area contributed by atoms with Gasteiger partial charge >= 0.3 is 5.97 Å². The van der Waals surface area contributed by atoms with Gasteiger partial charge in [0.25, 0.3) is 0 Å². The monoisotopic (exact) mass is 240 g/mol. The number of carbonyl (C=O) groups excluding carboxylic acids is 1. The fourth-order valence-corrected chi connectivity index (χ4v) is 1.80. The number of hydrogen-bond donors (Lipinski definition) is 0. The molecule has 0 fully saturated rings. The summed E-state index contributed by atoms with van der Waals surface area (Å²) in [6.07, 6.45) is 1.14. The van der Waals surface area contributed by atoms with Crippen molar-refractivity contribution in [2.24, 2.45) is 0 Å². The highest BCUT2D eigenvalue weighted by atomic mass is 32.2. The quantitative estimate of drug-likeness (QED) is 0.481. The minimum Gasteiger partial charge on any atom is -0.465 e. The summed E-state index contributed by atoms with van der Waals surface area (Å²) in [5, 5.41) is 0. The molecule has 0 aliphatic heterocycles. The van der Waals surface area contributed by atoms with Crippen LogP contribution in [0.5, 0.6) is 0 Å². The summed E-state index contributed by atoms with van der Waals surface area (Å²) in [4.78, 5) is 10.9. The van der Waals surface area contributed by atoms with Crippen LogP contribution in [0.25, 0.3) is 0 Å². The molecule has 0 rings (SSSR count). The van der Waals surface area contributed by atoms with Crippen molar-refractivity contribution in [3.8, 4) is 0 Å². The van der Waals surface area contributed by atoms with Crippen molar-refractivity contribution >= 4 is 17.7 Å². The van der Waals surface area contributed by atoms with Gasteiger partial charge in [0, 0.05) is 6.42 Å². The van der Waals surface area contributed by atoms with Gasteiger partial charge in [-0.15, -0.1) is 0 Å². The average molecular weight is 240 g/mol. The molecular formula is C10H18F2O2S. The summed E-state index contributed by atoms with van der Waals surface area (Å²) in [6, 6.07) is 0. The number of ether oxygens (including phenoxy) is 1. The Labute approximate surface area is 93.8 Å². The van der Waals surface area contributed by atoms with E-state index < -0.39 is 5.92 Å². The summed E-state index contributed by atoms with van der Waals surface area (Å²) in [5.41, 5.74) is 0. The highest BCUT2D eigenvalue weighted by molar-refractivity contribution is 7.99. The second-order valence-corrected chi connectivity index (χ2v) is 4.49. The first-order valence-electron chi connectivity index (χ1n) is 5.07. The number of unbranched alkanes of at least 4 members (excludes halogenated alkanes) is 1. The normalized spacial score (nSPS) is 11.5. The van der Waals surface area contributed by atoms with E-state index >= 15 is 0 Å². The van der Waals surface area contributed by atoms with Gasteiger partial charge < -0.3 is 4.74 Å². The summed E-state index contributed by atoms with van der Waals surface area (Å²) in [7, 11) is 0. The van der Waals surface area contributed by atoms with Gasteiger partial charge in [-0.2, -0.15) is 11.8 Å². The van der Waals surface area contributed by atoms with E-state index in [4.69, 9.17) is 4.74 Å². The fraction of sp³-hybridized carbons (Fsp3) is 0.900. The maximum atomic E-state index is 12.4. The predicted molar refractivity (Wildman–Crippen MR) is 58.4 cm³/mol. The van der Waals surface area contributed by atoms with Crippen molar-refractivity contribution in [2.45, 2.75) is 39.0 Å². The second kappa shape index (κ2) is 7.91. The summed E-state index contributed by atoms with van der Waals surface area (Å²) >= 11 is 1.43. The molecule has 5 heteroatoms. The van der Waals surface area contributed by atoms with Gasteiger partial charge in [0.2, 0.25) is 5.92 Å². The minimum absolute atomic E-state index is 0.0764. The van der Waals surface area contributed by atoms with Crippen molar-refractivity contribution < 1.29 is 18.3 Å². The van der Waals surface area contributed by atoms with E-state index in [1.807, 2.05) is 0 Å². The smallest absolute Gasteiger partial charge is 0.315 e. The largest absolute Gasteiger partial charge is 0.465 e. The van der Waals surface area contributed by atoms with Crippen LogP contribution in [-0.4, -0.2) is 30.0 Å². The average Bonchev–Trinajstić information content (AvgIpc) is 2.09. The van der Waals surface area contributed by atoms with Gasteiger partial charge in [0.05, 0.1) is 12.4 Å². The number of thioether (sulfide) groups is 1. The van der Waals surface area contributed by atoms with Gasteiger partial charge in [0.1, 0.15) is 0 Å². The molecule has 15 heavy (non-hydrogen) atoms. The molecule has 0 N–H and O–H groups in total. The van der Waals surface area contributed by atoms with Crippen LogP contribution < -0.4 is 0 Å². The molecule has 0 radical (unpaired) electrons. The highest BCUT2D eigenvalue weighted by Crippen LogP contribution is 2.20. The van der Waals surface area contributed by atoms with E-state index in [0.29, 0.717) is 25.2 Å². The Bertz CT molecular complexity index is 181. The standard InChI is InChI=1S/C10H18F2O2S/c1-3-14-9(13)8-15-7-5-4-6-10(2,11)12/h3-8H2,1-2H3. The SMILES string of the molecule is CCOC(=O)CSCCCCC(C)(F)F. The van der Waals surface area contributed by atoms with Crippen LogP contribution >= 0.6 is 11.8 Å². The third-order valence-corrected chi connectivity index (χ3v) is 2.70. The third kappa shape index (κ3) is 11.6. The van der Waals surface area contributed by atoms with Crippen LogP contribution in [0.1, 0.15) is 33.1 Å². The first-order valence-corrected chi connectivity index (χ1v) is 6.22. The maximum absolute atomic E-state index is 12.4. The molecule has 0 bridgehead atoms. The molecule has 0 aliphatic carbocycles. The zero-order valence-corrected chi connectivity index (χ0v) is 10.0. The molecule has 0 amide bonds. The summed E-state index contributed by atoms with van der Waals surface area (Å²) in [5.74, 6) is -1.75. The molecule has 0 atom stereocenters. The Morgan fingerprint density at radius 2 is 2.07 bits per heavy atom. The Morgan fingerprint density at radius 1 is 1.40 bits per heavy atom. The fourth-order valence-electron chi connectivity index (χ4n) is 0.998. The Morgan fingerprint density at radius 3 is 2.60 bits per heavy atom. The molecule has 0 heterocycles. The van der Waals surface area contributed by atoms with E-state index in [0.717, 1.165) is 12.7 Å². The molecule has 0 saturated heterocycles. The maximum Gasteiger partial charge on any atom is 0.315 e. The van der Waals surface area contributed by atoms with Gasteiger partial charge in [0.15, 0.2) is 0 Å². The van der Waals surface area contributed by atoms with Crippen molar-refractivity contribution in [1.82, 2.24) is 0 Å². The zero-order chi connectivity index (χ0) is 11.7. The van der Waals surface area contributed by atoms with E-state index in [2.05, 4.69) is 0 Å². The van der Waals surface area contributed by atoms with Crippen molar-refractivity contribution in [3.05, 3.63) is 0 Å². The van der Waals surface area contributed by atoms with Crippen molar-refractivity contribution in [3.63, 3.8) is 0 Å². The number of esters is 1. The Kier molecular flexibility index (Phi) is 7.74. The molecular weight excluding hydrogens is 222 g/mol. The van der Waals surface area contributed by atoms with E-state index in [1.54, 1.807) is 6.92 Å². The lowest BCUT2D eigenvalue weighted by atomic mass is 10.2. The van der Waals surface area contributed by atoms with Crippen molar-refractivity contribution in [2.75, 3.05) is 18.1 Å². The second-order valence-electron chi connectivity index (χ2n) is 3.38. The number of rotatable bonds is 8. The van der Waals surface area contributed by atoms with E-state index in [-0.39, 0.29) is 12.4 Å². The van der Waals surface area contributed by atoms with E-state index in [1.165, 1.54) is 11.8 Å². The van der Waals surface area contributed by atoms with Crippen LogP contribution in [0.15, 0.2) is 0 Å². The van der Waals surface area contributed by atoms with Crippen LogP contribution in [0.3, 0.4) is 0 Å². The third-order valence-electron chi connectivity index (χ3n) is 1.68. The summed E-state index contributed by atoms with van der Waals surface area (Å²) < 4.78 is 29.5. The van der Waals surface area contributed by atoms with Gasteiger partial charge in [-0.3, -0.25) is 4.79 Å². The zero-order valence-electron chi connectivity index (χ0n) is 9.22. The predicted octanol–water partition coefficient (Wildman–Crippen LogP) is 3.11. The topological polar surface area (TPSA) is 26.3 Å². The number of halogens is 2. The molecule has 2 nitrogen and oxygen atoms in total. The molecule has 0 unspecified atom stereocenters. The molecule has 0 aromatic rings. The van der Waals surface area contributed by atoms with Crippen LogP contribution in [0.2, 0.25) is 0 Å². The lowest BCUT2D eigenvalue weighted by molar-refractivity contribution is -0.139. The lowest BCUT2D eigenvalue weighted by Gasteiger charge is -2.08. The number of alkyl halides is 2. The van der Waals surface area contributed by atoms with Gasteiger partial charge in [-0.1, -0.05) is 0 Å². The molecule has 0 aliphatic rings. The summed E-state index contributed by atoms with van der Waals surface area (Å²) in [6.45, 7) is 3.08. The van der Waals surface area contributed by atoms with Crippen LogP contribution in [0, 0.1) is 0 Å². The number of hydrogen-bond acceptors (Lipinski definition) is 3. The lowest BCUT2D eigenvalue weighted by Crippen LogP contribution is -2.09.